The molecule has 0 saturated carbocycles. The van der Waals surface area contributed by atoms with Gasteiger partial charge in [-0.3, -0.25) is 4.99 Å². The largest absolute Gasteiger partial charge is 0.387 e. The SMILES string of the molecule is NC(Cc1ccc(CCc2cnc[nH]2)cc1)=NCc1ccc(Cl)cc1. The second kappa shape index (κ2) is 8.49. The van der Waals surface area contributed by atoms with Gasteiger partial charge in [-0.1, -0.05) is 48.0 Å². The molecule has 0 radical (unpaired) electrons. The van der Waals surface area contributed by atoms with Crippen molar-refractivity contribution in [2.75, 3.05) is 0 Å². The van der Waals surface area contributed by atoms with E-state index in [1.807, 2.05) is 30.5 Å². The third kappa shape index (κ3) is 5.47. The number of aliphatic imine (C=N–C) groups is 1. The number of aryl methyl sites for hydroxylation is 2. The summed E-state index contributed by atoms with van der Waals surface area (Å²) in [4.78, 5) is 11.6. The van der Waals surface area contributed by atoms with Gasteiger partial charge in [0.1, 0.15) is 0 Å². The van der Waals surface area contributed by atoms with Crippen LogP contribution in [-0.2, 0) is 25.8 Å². The second-order valence-electron chi connectivity index (χ2n) is 6.00. The lowest BCUT2D eigenvalue weighted by Gasteiger charge is -2.05. The van der Waals surface area contributed by atoms with Gasteiger partial charge in [-0.15, -0.1) is 0 Å². The topological polar surface area (TPSA) is 67.1 Å². The van der Waals surface area contributed by atoms with E-state index >= 15 is 0 Å². The summed E-state index contributed by atoms with van der Waals surface area (Å²) in [6.07, 6.45) is 6.19. The number of nitrogens with one attached hydrogen (secondary N) is 1. The van der Waals surface area contributed by atoms with Crippen LogP contribution in [0.15, 0.2) is 66.0 Å². The van der Waals surface area contributed by atoms with Crippen molar-refractivity contribution in [1.29, 1.82) is 0 Å². The Bertz CT molecular complexity index is 806. The van der Waals surface area contributed by atoms with Crippen molar-refractivity contribution in [3.8, 4) is 0 Å². The van der Waals surface area contributed by atoms with Crippen LogP contribution in [0.3, 0.4) is 0 Å². The summed E-state index contributed by atoms with van der Waals surface area (Å²) in [5, 5.41) is 0.730. The first-order valence-electron chi connectivity index (χ1n) is 8.27. The highest BCUT2D eigenvalue weighted by atomic mass is 35.5. The highest BCUT2D eigenvalue weighted by molar-refractivity contribution is 6.30. The van der Waals surface area contributed by atoms with Crippen molar-refractivity contribution in [2.45, 2.75) is 25.8 Å². The standard InChI is InChI=1S/C20H21ClN4/c21-18-8-5-17(6-9-18)12-24-20(22)11-16-3-1-15(2-4-16)7-10-19-13-23-14-25-19/h1-6,8-9,13-14H,7,10-12H2,(H2,22,24)(H,23,25). The van der Waals surface area contributed by atoms with Crippen molar-refractivity contribution in [3.05, 3.63) is 88.5 Å². The zero-order chi connectivity index (χ0) is 17.5. The monoisotopic (exact) mass is 352 g/mol. The third-order valence-corrected chi connectivity index (χ3v) is 4.28. The van der Waals surface area contributed by atoms with Gasteiger partial charge < -0.3 is 10.7 Å². The predicted molar refractivity (Wildman–Crippen MR) is 103 cm³/mol. The van der Waals surface area contributed by atoms with Crippen LogP contribution in [0.2, 0.25) is 5.02 Å². The Morgan fingerprint density at radius 3 is 2.32 bits per heavy atom. The minimum atomic E-state index is 0.575. The molecule has 0 aliphatic carbocycles. The molecule has 128 valence electrons. The molecular weight excluding hydrogens is 332 g/mol. The first-order valence-corrected chi connectivity index (χ1v) is 8.65. The number of rotatable bonds is 7. The zero-order valence-electron chi connectivity index (χ0n) is 14.0. The first-order chi connectivity index (χ1) is 12.2. The quantitative estimate of drug-likeness (QED) is 0.499. The number of amidine groups is 1. The van der Waals surface area contributed by atoms with E-state index in [0.29, 0.717) is 18.8 Å². The predicted octanol–water partition coefficient (Wildman–Crippen LogP) is 3.95. The molecular formula is C20H21ClN4. The normalized spacial score (nSPS) is 11.6. The summed E-state index contributed by atoms with van der Waals surface area (Å²) < 4.78 is 0. The van der Waals surface area contributed by atoms with Crippen molar-refractivity contribution in [3.63, 3.8) is 0 Å². The fourth-order valence-electron chi connectivity index (χ4n) is 2.57. The number of hydrogen-bond acceptors (Lipinski definition) is 2. The third-order valence-electron chi connectivity index (χ3n) is 4.02. The summed E-state index contributed by atoms with van der Waals surface area (Å²) in [6, 6.07) is 16.2. The molecule has 0 unspecified atom stereocenters. The molecule has 5 heteroatoms. The maximum absolute atomic E-state index is 6.06. The molecule has 3 aromatic rings. The Hall–Kier alpha value is -2.59. The van der Waals surface area contributed by atoms with E-state index < -0.39 is 0 Å². The highest BCUT2D eigenvalue weighted by Gasteiger charge is 2.00. The smallest absolute Gasteiger partial charge is 0.0985 e. The van der Waals surface area contributed by atoms with Gasteiger partial charge in [0.05, 0.1) is 18.7 Å². The number of nitrogens with zero attached hydrogens (tertiary/aromatic N) is 2. The fourth-order valence-corrected chi connectivity index (χ4v) is 2.70. The lowest BCUT2D eigenvalue weighted by molar-refractivity contribution is 0.924. The molecule has 1 heterocycles. The number of imidazole rings is 1. The first kappa shape index (κ1) is 17.2. The van der Waals surface area contributed by atoms with Gasteiger partial charge >= 0.3 is 0 Å². The number of aromatic nitrogens is 2. The van der Waals surface area contributed by atoms with Crippen LogP contribution < -0.4 is 5.73 Å². The van der Waals surface area contributed by atoms with Gasteiger partial charge in [-0.25, -0.2) is 4.98 Å². The van der Waals surface area contributed by atoms with E-state index in [9.17, 15) is 0 Å². The van der Waals surface area contributed by atoms with E-state index in [1.165, 1.54) is 11.1 Å². The molecule has 3 rings (SSSR count). The summed E-state index contributed by atoms with van der Waals surface area (Å²) in [5.74, 6) is 0.639. The Kier molecular flexibility index (Phi) is 5.86. The van der Waals surface area contributed by atoms with Crippen LogP contribution in [0, 0.1) is 0 Å². The van der Waals surface area contributed by atoms with Gasteiger partial charge in [0.2, 0.25) is 0 Å². The van der Waals surface area contributed by atoms with Crippen LogP contribution in [0.25, 0.3) is 0 Å². The fraction of sp³-hybridized carbons (Fsp3) is 0.200. The van der Waals surface area contributed by atoms with Gasteiger partial charge in [0.15, 0.2) is 0 Å². The molecule has 0 aliphatic heterocycles. The Balaban J connectivity index is 1.51. The molecule has 25 heavy (non-hydrogen) atoms. The summed E-state index contributed by atoms with van der Waals surface area (Å²) in [6.45, 7) is 0.575. The summed E-state index contributed by atoms with van der Waals surface area (Å²) in [7, 11) is 0. The van der Waals surface area contributed by atoms with E-state index in [1.54, 1.807) is 6.33 Å². The molecule has 0 atom stereocenters. The lowest BCUT2D eigenvalue weighted by Crippen LogP contribution is -2.15. The van der Waals surface area contributed by atoms with Crippen LogP contribution in [0.4, 0.5) is 0 Å². The molecule has 4 nitrogen and oxygen atoms in total. The van der Waals surface area contributed by atoms with E-state index in [4.69, 9.17) is 17.3 Å². The minimum absolute atomic E-state index is 0.575. The molecule has 0 spiro atoms. The van der Waals surface area contributed by atoms with E-state index in [2.05, 4.69) is 39.2 Å². The summed E-state index contributed by atoms with van der Waals surface area (Å²) in [5.41, 5.74) is 10.8. The zero-order valence-corrected chi connectivity index (χ0v) is 14.7. The van der Waals surface area contributed by atoms with Gasteiger partial charge in [-0.2, -0.15) is 0 Å². The van der Waals surface area contributed by atoms with Gasteiger partial charge in [0, 0.05) is 23.3 Å². The molecule has 0 saturated heterocycles. The second-order valence-corrected chi connectivity index (χ2v) is 6.44. The summed E-state index contributed by atoms with van der Waals surface area (Å²) >= 11 is 5.88. The van der Waals surface area contributed by atoms with Gasteiger partial charge in [0.25, 0.3) is 0 Å². The Labute approximate surface area is 152 Å². The molecule has 3 N–H and O–H groups in total. The molecule has 2 aromatic carbocycles. The Morgan fingerprint density at radius 1 is 0.960 bits per heavy atom. The minimum Gasteiger partial charge on any atom is -0.387 e. The number of aromatic amines is 1. The number of H-pyrrole nitrogens is 1. The molecule has 0 bridgehead atoms. The number of halogens is 1. The molecule has 0 aliphatic rings. The molecule has 1 aromatic heterocycles. The van der Waals surface area contributed by atoms with Crippen LogP contribution in [0.1, 0.15) is 22.4 Å². The average Bonchev–Trinajstić information content (AvgIpc) is 3.14. The van der Waals surface area contributed by atoms with Crippen molar-refractivity contribution in [2.24, 2.45) is 10.7 Å². The van der Waals surface area contributed by atoms with Crippen molar-refractivity contribution < 1.29 is 0 Å². The number of hydrogen-bond donors (Lipinski definition) is 2. The number of nitrogens with two attached hydrogens (primary N) is 1. The molecule has 0 fully saturated rings. The maximum atomic E-state index is 6.06. The van der Waals surface area contributed by atoms with Gasteiger partial charge in [-0.05, 0) is 41.7 Å². The molecule has 0 amide bonds. The van der Waals surface area contributed by atoms with Crippen LogP contribution in [0.5, 0.6) is 0 Å². The van der Waals surface area contributed by atoms with E-state index in [0.717, 1.165) is 29.1 Å². The van der Waals surface area contributed by atoms with Crippen LogP contribution in [-0.4, -0.2) is 15.8 Å². The maximum Gasteiger partial charge on any atom is 0.0985 e. The van der Waals surface area contributed by atoms with Crippen molar-refractivity contribution >= 4 is 17.4 Å². The van der Waals surface area contributed by atoms with Crippen molar-refractivity contribution in [1.82, 2.24) is 9.97 Å². The van der Waals surface area contributed by atoms with Crippen LogP contribution >= 0.6 is 11.6 Å². The highest BCUT2D eigenvalue weighted by Crippen LogP contribution is 2.11. The lowest BCUT2D eigenvalue weighted by atomic mass is 10.0. The Morgan fingerprint density at radius 2 is 1.64 bits per heavy atom. The average molecular weight is 353 g/mol. The number of benzene rings is 2. The van der Waals surface area contributed by atoms with E-state index in [-0.39, 0.29) is 0 Å².